The van der Waals surface area contributed by atoms with Gasteiger partial charge < -0.3 is 4.90 Å². The van der Waals surface area contributed by atoms with Gasteiger partial charge in [0.2, 0.25) is 0 Å². The number of aromatic amines is 1. The monoisotopic (exact) mass is 481 g/mol. The molecule has 1 saturated heterocycles. The fourth-order valence-electron chi connectivity index (χ4n) is 3.82. The lowest BCUT2D eigenvalue weighted by atomic mass is 10.2. The third kappa shape index (κ3) is 4.55. The van der Waals surface area contributed by atoms with E-state index in [2.05, 4.69) is 24.5 Å². The van der Waals surface area contributed by atoms with E-state index >= 15 is 0 Å². The van der Waals surface area contributed by atoms with Crippen LogP contribution in [0.3, 0.4) is 0 Å². The van der Waals surface area contributed by atoms with Gasteiger partial charge in [0, 0.05) is 11.1 Å². The summed E-state index contributed by atoms with van der Waals surface area (Å²) in [7, 11) is -3.87. The number of halogens is 1. The molecule has 3 heterocycles. The molecule has 0 saturated carbocycles. The van der Waals surface area contributed by atoms with Gasteiger partial charge in [-0.1, -0.05) is 29.8 Å². The van der Waals surface area contributed by atoms with Gasteiger partial charge in [-0.15, -0.1) is 0 Å². The highest BCUT2D eigenvalue weighted by atomic mass is 35.5. The van der Waals surface area contributed by atoms with Gasteiger partial charge in [-0.25, -0.2) is 23.4 Å². The molecule has 2 N–H and O–H groups in total. The highest BCUT2D eigenvalue weighted by Crippen LogP contribution is 2.28. The second-order valence-electron chi connectivity index (χ2n) is 7.67. The first-order valence-corrected chi connectivity index (χ1v) is 12.4. The van der Waals surface area contributed by atoms with E-state index in [9.17, 15) is 8.42 Å². The molecule has 8 nitrogen and oxygen atoms in total. The Hall–Kier alpha value is -3.43. The smallest absolute Gasteiger partial charge is 0.274 e. The third-order valence-electron chi connectivity index (χ3n) is 5.52. The van der Waals surface area contributed by atoms with Crippen LogP contribution in [0.1, 0.15) is 0 Å². The number of H-pyrrole nitrogens is 1. The lowest BCUT2D eigenvalue weighted by Crippen LogP contribution is -2.48. The van der Waals surface area contributed by atoms with Gasteiger partial charge in [0.25, 0.3) is 15.8 Å². The van der Waals surface area contributed by atoms with Crippen molar-refractivity contribution >= 4 is 50.1 Å². The van der Waals surface area contributed by atoms with Gasteiger partial charge in [0.05, 0.1) is 35.2 Å². The molecule has 0 unspecified atom stereocenters. The number of fused-ring (bicyclic) bond motifs is 1. The van der Waals surface area contributed by atoms with Crippen LogP contribution in [0.5, 0.6) is 0 Å². The summed E-state index contributed by atoms with van der Waals surface area (Å²) in [6.45, 7) is 2.87. The summed E-state index contributed by atoms with van der Waals surface area (Å²) in [6.07, 6.45) is 1.90. The summed E-state index contributed by atoms with van der Waals surface area (Å²) >= 11 is 5.92. The normalized spacial score (nSPS) is 14.5. The molecule has 2 aromatic carbocycles. The maximum Gasteiger partial charge on any atom is 0.274 e. The van der Waals surface area contributed by atoms with Gasteiger partial charge in [0.15, 0.2) is 11.6 Å². The van der Waals surface area contributed by atoms with Crippen molar-refractivity contribution in [3.05, 3.63) is 77.9 Å². The Morgan fingerprint density at radius 2 is 1.45 bits per heavy atom. The fourth-order valence-corrected chi connectivity index (χ4v) is 4.95. The second-order valence-corrected chi connectivity index (χ2v) is 9.78. The maximum atomic E-state index is 13.1. The molecule has 1 aliphatic rings. The van der Waals surface area contributed by atoms with Crippen molar-refractivity contribution in [2.75, 3.05) is 40.7 Å². The van der Waals surface area contributed by atoms with E-state index in [-0.39, 0.29) is 10.7 Å². The van der Waals surface area contributed by atoms with Crippen LogP contribution in [-0.4, -0.2) is 44.6 Å². The Kier molecular flexibility index (Phi) is 5.74. The fraction of sp³-hybridized carbons (Fsp3) is 0.174. The van der Waals surface area contributed by atoms with Gasteiger partial charge in [-0.3, -0.25) is 9.62 Å². The zero-order valence-corrected chi connectivity index (χ0v) is 19.2. The van der Waals surface area contributed by atoms with Crippen LogP contribution in [0.25, 0.3) is 11.0 Å². The van der Waals surface area contributed by atoms with E-state index < -0.39 is 10.0 Å². The van der Waals surface area contributed by atoms with Crippen LogP contribution < -0.4 is 19.5 Å². The number of benzene rings is 2. The number of nitrogens with zero attached hydrogens (tertiary/aromatic N) is 4. The number of hydrogen-bond acceptors (Lipinski definition) is 6. The molecule has 1 fully saturated rings. The Balaban J connectivity index is 1.47. The number of piperazine rings is 1. The van der Waals surface area contributed by atoms with Crippen LogP contribution in [0, 0.1) is 0 Å². The summed E-state index contributed by atoms with van der Waals surface area (Å²) in [5.74, 6) is 1.77. The molecule has 168 valence electrons. The van der Waals surface area contributed by atoms with E-state index in [1.807, 2.05) is 48.7 Å². The van der Waals surface area contributed by atoms with Gasteiger partial charge >= 0.3 is 0 Å². The average molecular weight is 482 g/mol. The van der Waals surface area contributed by atoms with E-state index in [1.54, 1.807) is 12.1 Å². The van der Waals surface area contributed by atoms with Crippen LogP contribution >= 0.6 is 11.6 Å². The minimum absolute atomic E-state index is 0.109. The molecule has 0 radical (unpaired) electrons. The molecule has 4 aromatic rings. The Morgan fingerprint density at radius 3 is 2.12 bits per heavy atom. The van der Waals surface area contributed by atoms with Gasteiger partial charge in [-0.2, -0.15) is 0 Å². The molecular weight excluding hydrogens is 460 g/mol. The summed E-state index contributed by atoms with van der Waals surface area (Å²) in [6, 6.07) is 19.4. The number of nitrogens with one attached hydrogen (secondary N) is 2. The van der Waals surface area contributed by atoms with E-state index in [4.69, 9.17) is 16.6 Å². The summed E-state index contributed by atoms with van der Waals surface area (Å²) in [5, 5.41) is 0.466. The highest BCUT2D eigenvalue weighted by molar-refractivity contribution is 7.92. The zero-order chi connectivity index (χ0) is 22.8. The first-order chi connectivity index (χ1) is 16.0. The molecule has 33 heavy (non-hydrogen) atoms. The largest absolute Gasteiger partial charge is 0.346 e. The molecule has 0 atom stereocenters. The molecule has 0 aliphatic carbocycles. The number of pyridine rings is 1. The van der Waals surface area contributed by atoms with Crippen LogP contribution in [-0.2, 0) is 10.0 Å². The van der Waals surface area contributed by atoms with Crippen molar-refractivity contribution in [2.24, 2.45) is 0 Å². The Labute approximate surface area is 196 Å². The second kappa shape index (κ2) is 8.84. The average Bonchev–Trinajstić information content (AvgIpc) is 2.84. The summed E-state index contributed by atoms with van der Waals surface area (Å²) < 4.78 is 28.8. The van der Waals surface area contributed by atoms with Crippen LogP contribution in [0.4, 0.5) is 17.5 Å². The Morgan fingerprint density at radius 1 is 0.818 bits per heavy atom. The number of hydrogen-bond donors (Lipinski definition) is 1. The Bertz CT molecular complexity index is 1380. The number of rotatable bonds is 5. The number of sulfonamides is 1. The summed E-state index contributed by atoms with van der Waals surface area (Å²) in [4.78, 5) is 17.1. The number of anilines is 3. The lowest BCUT2D eigenvalue weighted by molar-refractivity contribution is -0.364. The molecule has 0 spiro atoms. The lowest BCUT2D eigenvalue weighted by Gasteiger charge is -2.32. The number of aromatic nitrogens is 3. The van der Waals surface area contributed by atoms with Gasteiger partial charge in [0.1, 0.15) is 13.1 Å². The summed E-state index contributed by atoms with van der Waals surface area (Å²) in [5.41, 5.74) is 1.33. The van der Waals surface area contributed by atoms with Crippen LogP contribution in [0.15, 0.2) is 77.8 Å². The molecular formula is C23H22ClN6O2S+. The van der Waals surface area contributed by atoms with E-state index in [0.717, 1.165) is 18.9 Å². The predicted octanol–water partition coefficient (Wildman–Crippen LogP) is 3.22. The quantitative estimate of drug-likeness (QED) is 0.470. The molecule has 1 aliphatic heterocycles. The van der Waals surface area contributed by atoms with Crippen molar-refractivity contribution in [2.45, 2.75) is 4.90 Å². The third-order valence-corrected chi connectivity index (χ3v) is 7.13. The van der Waals surface area contributed by atoms with Crippen molar-refractivity contribution < 1.29 is 13.4 Å². The first kappa shape index (κ1) is 21.4. The number of para-hydroxylation sites is 2. The molecule has 5 rings (SSSR count). The first-order valence-electron chi connectivity index (χ1n) is 10.5. The standard InChI is InChI=1S/C23H21ClN6O2S/c24-17-8-10-18(11-9-17)33(31,32)28-22-23(27-20-6-2-1-5-19(20)26-22)30-15-13-29(14-16-30)21-7-3-4-12-25-21/h1-12H,13-16H2,(H,26,28)/p+1. The van der Waals surface area contributed by atoms with Crippen molar-refractivity contribution in [1.29, 1.82) is 0 Å². The van der Waals surface area contributed by atoms with E-state index in [1.165, 1.54) is 12.1 Å². The van der Waals surface area contributed by atoms with Gasteiger partial charge in [-0.05, 0) is 42.5 Å². The highest BCUT2D eigenvalue weighted by Gasteiger charge is 2.28. The van der Waals surface area contributed by atoms with Crippen molar-refractivity contribution in [3.63, 3.8) is 0 Å². The van der Waals surface area contributed by atoms with Crippen LogP contribution in [0.2, 0.25) is 5.02 Å². The molecule has 0 amide bonds. The van der Waals surface area contributed by atoms with Crippen molar-refractivity contribution in [3.8, 4) is 0 Å². The zero-order valence-electron chi connectivity index (χ0n) is 17.6. The predicted molar refractivity (Wildman–Crippen MR) is 129 cm³/mol. The van der Waals surface area contributed by atoms with E-state index in [0.29, 0.717) is 35.0 Å². The molecule has 2 aromatic heterocycles. The maximum absolute atomic E-state index is 13.1. The SMILES string of the molecule is O=S(=O)(Nc1nc2ccccc2nc1N1CCN(c2cccc[nH+]2)CC1)c1ccc(Cl)cc1. The topological polar surface area (TPSA) is 92.6 Å². The van der Waals surface area contributed by atoms with Crippen molar-refractivity contribution in [1.82, 2.24) is 9.97 Å². The molecule has 0 bridgehead atoms. The minimum Gasteiger partial charge on any atom is -0.346 e. The minimum atomic E-state index is -3.87. The molecule has 10 heteroatoms.